The number of fused-ring (bicyclic) bond motifs is 4. The van der Waals surface area contributed by atoms with E-state index in [4.69, 9.17) is 25.6 Å². The first-order chi connectivity index (χ1) is 21.6. The largest absolute Gasteiger partial charge is 0.494 e. The molecular weight excluding hydrogens is 590 g/mol. The number of aromatic nitrogens is 4. The zero-order valence-corrected chi connectivity index (χ0v) is 26.0. The number of methoxy groups -OCH3 is 1. The van der Waals surface area contributed by atoms with Crippen molar-refractivity contribution < 1.29 is 17.9 Å². The summed E-state index contributed by atoms with van der Waals surface area (Å²) >= 11 is 0. The van der Waals surface area contributed by atoms with Gasteiger partial charge in [0.2, 0.25) is 10.0 Å². The molecule has 2 saturated carbocycles. The van der Waals surface area contributed by atoms with Crippen molar-refractivity contribution in [1.29, 1.82) is 0 Å². The summed E-state index contributed by atoms with van der Waals surface area (Å²) in [5.41, 5.74) is 11.5. The van der Waals surface area contributed by atoms with Crippen molar-refractivity contribution in [3.8, 4) is 28.5 Å². The molecule has 8 rings (SSSR count). The topological polar surface area (TPSA) is 151 Å². The number of benzene rings is 2. The van der Waals surface area contributed by atoms with Gasteiger partial charge in [-0.05, 0) is 80.0 Å². The number of pyridine rings is 1. The van der Waals surface area contributed by atoms with E-state index in [1.807, 2.05) is 46.8 Å². The molecule has 4 N–H and O–H groups in total. The lowest BCUT2D eigenvalue weighted by Crippen LogP contribution is -2.41. The van der Waals surface area contributed by atoms with Gasteiger partial charge in [0, 0.05) is 48.7 Å². The molecule has 2 unspecified atom stereocenters. The Bertz CT molecular complexity index is 2130. The molecule has 1 amide bonds. The minimum absolute atomic E-state index is 0.0314. The minimum atomic E-state index is -3.85. The maximum absolute atomic E-state index is 13.7. The Labute approximate surface area is 260 Å². The van der Waals surface area contributed by atoms with Crippen LogP contribution >= 0.6 is 0 Å². The molecule has 0 spiro atoms. The summed E-state index contributed by atoms with van der Waals surface area (Å²) < 4.78 is 34.1. The number of likely N-dealkylation sites (tertiary alicyclic amines) is 1. The lowest BCUT2D eigenvalue weighted by atomic mass is 10.1. The summed E-state index contributed by atoms with van der Waals surface area (Å²) in [6.07, 6.45) is 4.33. The minimum Gasteiger partial charge on any atom is -0.494 e. The molecule has 3 aromatic heterocycles. The zero-order chi connectivity index (χ0) is 31.2. The van der Waals surface area contributed by atoms with Gasteiger partial charge < -0.3 is 24.5 Å². The standard InChI is InChI=1S/C33H35N7O4S/c1-38-30-25(13-22(15-28(30)44-2)33(41)40-17-21-9-11-26(40)29(21)34)37-32(38)27-14-20-8-10-24(36-31(20)39(27)16-18-6-7-18)19-4-3-5-23(12-19)45(35,42)43/h3-5,8,10,12-15,18,21,26,29H,6-7,9,11,16-17,34H2,1-2H3,(H2,35,42,43)/t21?,26?,29-/m1/s1. The summed E-state index contributed by atoms with van der Waals surface area (Å²) in [4.78, 5) is 25.8. The number of amides is 1. The van der Waals surface area contributed by atoms with Crippen LogP contribution in [0.15, 0.2) is 59.5 Å². The second kappa shape index (κ2) is 10.1. The SMILES string of the molecule is COc1cc(C(=O)N2CC3CCC2[C@@H]3N)cc2nc(-c3cc4ccc(-c5cccc(S(N)(=O)=O)c5)nc4n3CC3CC3)n(C)c12. The van der Waals surface area contributed by atoms with Crippen LogP contribution in [0.4, 0.5) is 0 Å². The summed E-state index contributed by atoms with van der Waals surface area (Å²) in [5, 5.41) is 6.35. The van der Waals surface area contributed by atoms with Gasteiger partial charge in [-0.2, -0.15) is 0 Å². The van der Waals surface area contributed by atoms with E-state index in [0.29, 0.717) is 46.5 Å². The van der Waals surface area contributed by atoms with E-state index in [1.54, 1.807) is 19.2 Å². The smallest absolute Gasteiger partial charge is 0.254 e. The zero-order valence-electron chi connectivity index (χ0n) is 25.2. The maximum atomic E-state index is 13.7. The van der Waals surface area contributed by atoms with Crippen LogP contribution in [-0.4, -0.2) is 64.1 Å². The van der Waals surface area contributed by atoms with E-state index in [1.165, 1.54) is 6.07 Å². The predicted molar refractivity (Wildman–Crippen MR) is 171 cm³/mol. The number of imidazole rings is 1. The Balaban J connectivity index is 1.24. The summed E-state index contributed by atoms with van der Waals surface area (Å²) in [6, 6.07) is 16.3. The molecule has 12 heteroatoms. The summed E-state index contributed by atoms with van der Waals surface area (Å²) in [6.45, 7) is 1.48. The fourth-order valence-electron chi connectivity index (χ4n) is 7.32. The van der Waals surface area contributed by atoms with E-state index in [-0.39, 0.29) is 22.9 Å². The number of nitrogens with zero attached hydrogens (tertiary/aromatic N) is 5. The summed E-state index contributed by atoms with van der Waals surface area (Å²) in [5.74, 6) is 2.21. The molecule has 0 radical (unpaired) electrons. The molecule has 2 bridgehead atoms. The first kappa shape index (κ1) is 28.2. The number of hydrogen-bond donors (Lipinski definition) is 2. The Morgan fingerprint density at radius 1 is 1.04 bits per heavy atom. The number of aryl methyl sites for hydroxylation is 1. The van der Waals surface area contributed by atoms with Crippen LogP contribution in [-0.2, 0) is 23.6 Å². The van der Waals surface area contributed by atoms with Gasteiger partial charge in [0.1, 0.15) is 16.9 Å². The van der Waals surface area contributed by atoms with Crippen molar-refractivity contribution in [2.24, 2.45) is 29.8 Å². The van der Waals surface area contributed by atoms with Crippen LogP contribution in [0.1, 0.15) is 36.0 Å². The van der Waals surface area contributed by atoms with Gasteiger partial charge in [-0.3, -0.25) is 4.79 Å². The van der Waals surface area contributed by atoms with Crippen molar-refractivity contribution in [2.45, 2.75) is 49.2 Å². The van der Waals surface area contributed by atoms with Crippen LogP contribution in [0.2, 0.25) is 0 Å². The highest BCUT2D eigenvalue weighted by Gasteiger charge is 2.47. The Hall–Kier alpha value is -4.26. The van der Waals surface area contributed by atoms with Gasteiger partial charge in [0.05, 0.1) is 28.9 Å². The normalized spacial score (nSPS) is 21.3. The Morgan fingerprint density at radius 2 is 1.87 bits per heavy atom. The van der Waals surface area contributed by atoms with Crippen molar-refractivity contribution in [3.05, 3.63) is 60.2 Å². The van der Waals surface area contributed by atoms with E-state index in [9.17, 15) is 13.2 Å². The molecule has 5 aromatic rings. The fraction of sp³-hybridized carbons (Fsp3) is 0.364. The lowest BCUT2D eigenvalue weighted by Gasteiger charge is -2.27. The van der Waals surface area contributed by atoms with E-state index < -0.39 is 10.0 Å². The average molecular weight is 626 g/mol. The molecule has 1 saturated heterocycles. The van der Waals surface area contributed by atoms with Crippen LogP contribution in [0.5, 0.6) is 5.75 Å². The lowest BCUT2D eigenvalue weighted by molar-refractivity contribution is 0.0700. The summed E-state index contributed by atoms with van der Waals surface area (Å²) in [7, 11) is -0.272. The second-order valence-corrected chi connectivity index (χ2v) is 14.3. The van der Waals surface area contributed by atoms with Gasteiger partial charge >= 0.3 is 0 Å². The molecule has 3 fully saturated rings. The third kappa shape index (κ3) is 4.62. The number of ether oxygens (including phenoxy) is 1. The van der Waals surface area contributed by atoms with Gasteiger partial charge in [-0.15, -0.1) is 0 Å². The van der Waals surface area contributed by atoms with E-state index in [2.05, 4.69) is 10.6 Å². The maximum Gasteiger partial charge on any atom is 0.254 e. The van der Waals surface area contributed by atoms with Crippen LogP contribution < -0.4 is 15.6 Å². The molecule has 4 heterocycles. The second-order valence-electron chi connectivity index (χ2n) is 12.7. The molecule has 2 aromatic carbocycles. The highest BCUT2D eigenvalue weighted by atomic mass is 32.2. The number of rotatable bonds is 7. The van der Waals surface area contributed by atoms with Crippen molar-refractivity contribution in [2.75, 3.05) is 13.7 Å². The van der Waals surface area contributed by atoms with Gasteiger partial charge in [0.15, 0.2) is 5.82 Å². The van der Waals surface area contributed by atoms with E-state index in [0.717, 1.165) is 60.3 Å². The van der Waals surface area contributed by atoms with Crippen LogP contribution in [0.3, 0.4) is 0 Å². The number of carbonyl (C=O) groups excluding carboxylic acids is 1. The molecule has 2 aliphatic carbocycles. The first-order valence-electron chi connectivity index (χ1n) is 15.4. The molecule has 11 nitrogen and oxygen atoms in total. The third-order valence-corrected chi connectivity index (χ3v) is 10.8. The number of sulfonamides is 1. The molecule has 232 valence electrons. The monoisotopic (exact) mass is 625 g/mol. The average Bonchev–Trinajstić information content (AvgIpc) is 3.44. The highest BCUT2D eigenvalue weighted by molar-refractivity contribution is 7.89. The van der Waals surface area contributed by atoms with E-state index >= 15 is 0 Å². The number of hydrogen-bond acceptors (Lipinski definition) is 7. The first-order valence-corrected chi connectivity index (χ1v) is 16.9. The quantitative estimate of drug-likeness (QED) is 0.279. The third-order valence-electron chi connectivity index (χ3n) is 9.88. The molecule has 3 atom stereocenters. The molecule has 3 aliphatic rings. The van der Waals surface area contributed by atoms with Crippen LogP contribution in [0, 0.1) is 11.8 Å². The number of carbonyl (C=O) groups is 1. The Kier molecular flexibility index (Phi) is 6.35. The van der Waals surface area contributed by atoms with Gasteiger partial charge in [-0.25, -0.2) is 23.5 Å². The molecular formula is C33H35N7O4S. The van der Waals surface area contributed by atoms with Crippen molar-refractivity contribution >= 4 is 38.0 Å². The van der Waals surface area contributed by atoms with Crippen molar-refractivity contribution in [3.63, 3.8) is 0 Å². The predicted octanol–water partition coefficient (Wildman–Crippen LogP) is 3.88. The fourth-order valence-corrected chi connectivity index (χ4v) is 7.88. The van der Waals surface area contributed by atoms with Crippen molar-refractivity contribution in [1.82, 2.24) is 24.0 Å². The number of piperidine rings is 1. The van der Waals surface area contributed by atoms with Gasteiger partial charge in [0.25, 0.3) is 5.91 Å². The number of nitrogens with two attached hydrogens (primary N) is 2. The number of primary sulfonamides is 1. The van der Waals surface area contributed by atoms with Gasteiger partial charge in [-0.1, -0.05) is 12.1 Å². The molecule has 1 aliphatic heterocycles. The molecule has 45 heavy (non-hydrogen) atoms. The highest BCUT2D eigenvalue weighted by Crippen LogP contribution is 2.40. The van der Waals surface area contributed by atoms with Crippen LogP contribution in [0.25, 0.3) is 44.8 Å². The Morgan fingerprint density at radius 3 is 2.56 bits per heavy atom.